The Morgan fingerprint density at radius 1 is 0.806 bits per heavy atom. The highest BCUT2D eigenvalue weighted by Crippen LogP contribution is 2.40. The molecule has 4 aromatic carbocycles. The molecule has 1 unspecified atom stereocenters. The average molecular weight is 498 g/mol. The minimum atomic E-state index is -1.23. The highest BCUT2D eigenvalue weighted by molar-refractivity contribution is 7.82. The van der Waals surface area contributed by atoms with Gasteiger partial charge in [0, 0.05) is 13.1 Å². The zero-order valence-electron chi connectivity index (χ0n) is 20.5. The minimum Gasteiger partial charge on any atom is -0.373 e. The van der Waals surface area contributed by atoms with Crippen LogP contribution in [0.15, 0.2) is 120 Å². The number of rotatable bonds is 8. The zero-order chi connectivity index (χ0) is 24.8. The van der Waals surface area contributed by atoms with Crippen molar-refractivity contribution in [2.24, 2.45) is 0 Å². The first kappa shape index (κ1) is 24.6. The maximum atomic E-state index is 13.3. The summed E-state index contributed by atoms with van der Waals surface area (Å²) in [5.41, 5.74) is 3.52. The summed E-state index contributed by atoms with van der Waals surface area (Å²) < 4.78 is 28.3. The van der Waals surface area contributed by atoms with Gasteiger partial charge in [0.25, 0.3) is 0 Å². The molecule has 36 heavy (non-hydrogen) atoms. The summed E-state index contributed by atoms with van der Waals surface area (Å²) in [6, 6.07) is 38.9. The fourth-order valence-electron chi connectivity index (χ4n) is 4.73. The SMILES string of the molecule is Cc1ccc(S(=O)N2CCO[C@H](COC(c3ccccc3)(c3ccccc3)c3ccccc3)C2)cc1. The molecule has 0 aromatic heterocycles. The molecule has 0 aliphatic carbocycles. The first-order valence-corrected chi connectivity index (χ1v) is 13.4. The lowest BCUT2D eigenvalue weighted by molar-refractivity contribution is -0.0854. The van der Waals surface area contributed by atoms with Crippen LogP contribution in [0.5, 0.6) is 0 Å². The van der Waals surface area contributed by atoms with Crippen LogP contribution >= 0.6 is 0 Å². The van der Waals surface area contributed by atoms with E-state index in [9.17, 15) is 4.21 Å². The second kappa shape index (κ2) is 11.3. The lowest BCUT2D eigenvalue weighted by Crippen LogP contribution is -2.46. The van der Waals surface area contributed by atoms with Gasteiger partial charge in [-0.25, -0.2) is 8.51 Å². The molecule has 1 saturated heterocycles. The predicted molar refractivity (Wildman–Crippen MR) is 144 cm³/mol. The third kappa shape index (κ3) is 5.20. The van der Waals surface area contributed by atoms with Crippen LogP contribution in [0.2, 0.25) is 0 Å². The van der Waals surface area contributed by atoms with Crippen molar-refractivity contribution in [1.82, 2.24) is 4.31 Å². The summed E-state index contributed by atoms with van der Waals surface area (Å²) in [7, 11) is -1.23. The van der Waals surface area contributed by atoms with Crippen LogP contribution in [0.25, 0.3) is 0 Å². The largest absolute Gasteiger partial charge is 0.373 e. The highest BCUT2D eigenvalue weighted by atomic mass is 32.2. The van der Waals surface area contributed by atoms with E-state index in [1.807, 2.05) is 90.1 Å². The third-order valence-corrected chi connectivity index (χ3v) is 8.06. The van der Waals surface area contributed by atoms with E-state index in [0.717, 1.165) is 27.1 Å². The normalized spacial score (nSPS) is 17.5. The van der Waals surface area contributed by atoms with Gasteiger partial charge >= 0.3 is 0 Å². The smallest absolute Gasteiger partial charge is 0.143 e. The zero-order valence-corrected chi connectivity index (χ0v) is 21.3. The van der Waals surface area contributed by atoms with Crippen LogP contribution in [0.4, 0.5) is 0 Å². The van der Waals surface area contributed by atoms with Crippen LogP contribution in [-0.2, 0) is 26.1 Å². The van der Waals surface area contributed by atoms with Gasteiger partial charge in [-0.2, -0.15) is 0 Å². The van der Waals surface area contributed by atoms with Gasteiger partial charge in [0.1, 0.15) is 16.6 Å². The lowest BCUT2D eigenvalue weighted by Gasteiger charge is -2.38. The summed E-state index contributed by atoms with van der Waals surface area (Å²) in [5, 5.41) is 0. The van der Waals surface area contributed by atoms with Crippen LogP contribution in [0, 0.1) is 6.92 Å². The van der Waals surface area contributed by atoms with Crippen molar-refractivity contribution in [3.05, 3.63) is 138 Å². The molecular formula is C31H31NO3S. The Morgan fingerprint density at radius 2 is 1.31 bits per heavy atom. The molecule has 1 heterocycles. The van der Waals surface area contributed by atoms with Gasteiger partial charge < -0.3 is 9.47 Å². The molecule has 0 amide bonds. The summed E-state index contributed by atoms with van der Waals surface area (Å²) in [4.78, 5) is 0.814. The summed E-state index contributed by atoms with van der Waals surface area (Å²) in [6.07, 6.45) is -0.205. The van der Waals surface area contributed by atoms with E-state index >= 15 is 0 Å². The fourth-order valence-corrected chi connectivity index (χ4v) is 5.94. The molecule has 5 rings (SSSR count). The fraction of sp³-hybridized carbons (Fsp3) is 0.226. The second-order valence-corrected chi connectivity index (χ2v) is 10.5. The summed E-state index contributed by atoms with van der Waals surface area (Å²) >= 11 is 0. The molecule has 184 valence electrons. The van der Waals surface area contributed by atoms with Gasteiger partial charge in [-0.15, -0.1) is 0 Å². The van der Waals surface area contributed by atoms with Crippen molar-refractivity contribution in [2.45, 2.75) is 23.5 Å². The number of hydrogen-bond acceptors (Lipinski definition) is 3. The molecule has 0 spiro atoms. The quantitative estimate of drug-likeness (QED) is 0.292. The third-order valence-electron chi connectivity index (χ3n) is 6.59. The average Bonchev–Trinajstić information content (AvgIpc) is 2.95. The number of aryl methyl sites for hydroxylation is 1. The molecule has 0 saturated carbocycles. The number of hydrogen-bond donors (Lipinski definition) is 0. The van der Waals surface area contributed by atoms with Gasteiger partial charge in [0.05, 0.1) is 24.2 Å². The maximum Gasteiger partial charge on any atom is 0.143 e. The van der Waals surface area contributed by atoms with Crippen molar-refractivity contribution in [3.8, 4) is 0 Å². The van der Waals surface area contributed by atoms with Crippen molar-refractivity contribution < 1.29 is 13.7 Å². The Morgan fingerprint density at radius 3 is 1.81 bits per heavy atom. The molecule has 5 heteroatoms. The molecule has 0 bridgehead atoms. The predicted octanol–water partition coefficient (Wildman–Crippen LogP) is 5.73. The minimum absolute atomic E-state index is 0.205. The summed E-state index contributed by atoms with van der Waals surface area (Å²) in [5.74, 6) is 0. The first-order valence-electron chi connectivity index (χ1n) is 12.3. The molecule has 1 aliphatic rings. The van der Waals surface area contributed by atoms with Gasteiger partial charge in [-0.1, -0.05) is 109 Å². The van der Waals surface area contributed by atoms with Gasteiger partial charge in [-0.3, -0.25) is 0 Å². The van der Waals surface area contributed by atoms with E-state index < -0.39 is 16.6 Å². The Kier molecular flexibility index (Phi) is 7.73. The van der Waals surface area contributed by atoms with E-state index in [1.165, 1.54) is 0 Å². The number of morpholine rings is 1. The summed E-state index contributed by atoms with van der Waals surface area (Å²) in [6.45, 7) is 4.07. The number of ether oxygens (including phenoxy) is 2. The van der Waals surface area contributed by atoms with Crippen LogP contribution in [0.3, 0.4) is 0 Å². The molecule has 2 atom stereocenters. The molecule has 0 radical (unpaired) electrons. The van der Waals surface area contributed by atoms with E-state index in [1.54, 1.807) is 0 Å². The van der Waals surface area contributed by atoms with Gasteiger partial charge in [-0.05, 0) is 35.7 Å². The van der Waals surface area contributed by atoms with Crippen LogP contribution < -0.4 is 0 Å². The number of nitrogens with zero attached hydrogens (tertiary/aromatic N) is 1. The van der Waals surface area contributed by atoms with E-state index in [0.29, 0.717) is 26.3 Å². The first-order chi connectivity index (χ1) is 17.7. The molecular weight excluding hydrogens is 466 g/mol. The van der Waals surface area contributed by atoms with Crippen molar-refractivity contribution in [1.29, 1.82) is 0 Å². The monoisotopic (exact) mass is 497 g/mol. The lowest BCUT2D eigenvalue weighted by atomic mass is 9.80. The van der Waals surface area contributed by atoms with Gasteiger partial charge in [0.2, 0.25) is 0 Å². The Balaban J connectivity index is 1.44. The molecule has 1 fully saturated rings. The topological polar surface area (TPSA) is 38.8 Å². The Bertz CT molecular complexity index is 1170. The van der Waals surface area contributed by atoms with E-state index in [4.69, 9.17) is 9.47 Å². The number of benzene rings is 4. The highest BCUT2D eigenvalue weighted by Gasteiger charge is 2.39. The van der Waals surface area contributed by atoms with Crippen molar-refractivity contribution in [2.75, 3.05) is 26.3 Å². The molecule has 4 aromatic rings. The van der Waals surface area contributed by atoms with Crippen molar-refractivity contribution >= 4 is 11.0 Å². The van der Waals surface area contributed by atoms with E-state index in [2.05, 4.69) is 36.4 Å². The van der Waals surface area contributed by atoms with Crippen molar-refractivity contribution in [3.63, 3.8) is 0 Å². The molecule has 0 N–H and O–H groups in total. The van der Waals surface area contributed by atoms with Crippen LogP contribution in [-0.4, -0.2) is 40.9 Å². The molecule has 1 aliphatic heterocycles. The maximum absolute atomic E-state index is 13.3. The van der Waals surface area contributed by atoms with Gasteiger partial charge in [0.15, 0.2) is 0 Å². The Labute approximate surface area is 216 Å². The van der Waals surface area contributed by atoms with E-state index in [-0.39, 0.29) is 6.10 Å². The Hall–Kier alpha value is -3.09. The molecule has 4 nitrogen and oxygen atoms in total. The second-order valence-electron chi connectivity index (χ2n) is 9.03. The van der Waals surface area contributed by atoms with Crippen LogP contribution in [0.1, 0.15) is 22.3 Å². The standard InChI is InChI=1S/C31H31NO3S/c1-25-17-19-30(20-18-25)36(33)32-21-22-34-29(23-32)24-35-31(26-11-5-2-6-12-26,27-13-7-3-8-14-27)28-15-9-4-10-16-28/h2-20,29H,21-24H2,1H3/t29-,36?/m0/s1.